The third-order valence-electron chi connectivity index (χ3n) is 2.49. The number of hydrogen-bond acceptors (Lipinski definition) is 2. The molecule has 0 bridgehead atoms. The minimum atomic E-state index is -0.601. The minimum absolute atomic E-state index is 0.440. The molecule has 13 heavy (non-hydrogen) atoms. The van der Waals surface area contributed by atoms with Gasteiger partial charge in [0, 0.05) is 0 Å². The molecular weight excluding hydrogens is 184 g/mol. The Balaban J connectivity index is 2.52. The predicted molar refractivity (Wildman–Crippen MR) is 56.1 cm³/mol. The van der Waals surface area contributed by atoms with Crippen molar-refractivity contribution in [2.24, 2.45) is 5.92 Å². The van der Waals surface area contributed by atoms with Gasteiger partial charge in [0.25, 0.3) is 0 Å². The largest absolute Gasteiger partial charge is 0.480 e. The third-order valence-corrected chi connectivity index (χ3v) is 4.46. The molecule has 1 aliphatic carbocycles. The van der Waals surface area contributed by atoms with Crippen LogP contribution in [-0.2, 0) is 4.79 Å². The summed E-state index contributed by atoms with van der Waals surface area (Å²) in [4.78, 5) is 11.1. The van der Waals surface area contributed by atoms with E-state index >= 15 is 0 Å². The van der Waals surface area contributed by atoms with Crippen molar-refractivity contribution < 1.29 is 9.90 Å². The summed E-state index contributed by atoms with van der Waals surface area (Å²) < 4.78 is -0.440. The lowest BCUT2D eigenvalue weighted by Crippen LogP contribution is -2.32. The van der Waals surface area contributed by atoms with Gasteiger partial charge in [-0.15, -0.1) is 11.8 Å². The highest BCUT2D eigenvalue weighted by Crippen LogP contribution is 2.42. The van der Waals surface area contributed by atoms with Gasteiger partial charge in [0.15, 0.2) is 0 Å². The van der Waals surface area contributed by atoms with Gasteiger partial charge in [-0.3, -0.25) is 4.79 Å². The Morgan fingerprint density at radius 3 is 2.38 bits per heavy atom. The standard InChI is InChI=1S/C10H18O2S/c1-8(2)7-13-10(9(11)12)5-3-4-6-10/h8H,3-7H2,1-2H3,(H,11,12). The summed E-state index contributed by atoms with van der Waals surface area (Å²) in [5.41, 5.74) is 0. The van der Waals surface area contributed by atoms with Crippen molar-refractivity contribution >= 4 is 17.7 Å². The summed E-state index contributed by atoms with van der Waals surface area (Å²) in [7, 11) is 0. The molecule has 0 spiro atoms. The fraction of sp³-hybridized carbons (Fsp3) is 0.900. The maximum absolute atomic E-state index is 11.1. The fourth-order valence-corrected chi connectivity index (χ4v) is 3.05. The first-order valence-corrected chi connectivity index (χ1v) is 5.93. The highest BCUT2D eigenvalue weighted by Gasteiger charge is 2.41. The van der Waals surface area contributed by atoms with Crippen molar-refractivity contribution in [3.63, 3.8) is 0 Å². The molecule has 0 atom stereocenters. The van der Waals surface area contributed by atoms with Gasteiger partial charge < -0.3 is 5.11 Å². The summed E-state index contributed by atoms with van der Waals surface area (Å²) in [6.45, 7) is 4.27. The number of aliphatic carboxylic acids is 1. The second-order valence-corrected chi connectivity index (χ2v) is 5.61. The molecule has 0 heterocycles. The van der Waals surface area contributed by atoms with Crippen LogP contribution in [-0.4, -0.2) is 21.6 Å². The molecule has 3 heteroatoms. The van der Waals surface area contributed by atoms with Crippen molar-refractivity contribution in [1.29, 1.82) is 0 Å². The van der Waals surface area contributed by atoms with Gasteiger partial charge in [0.2, 0.25) is 0 Å². The van der Waals surface area contributed by atoms with Crippen molar-refractivity contribution in [2.75, 3.05) is 5.75 Å². The summed E-state index contributed by atoms with van der Waals surface area (Å²) in [6.07, 6.45) is 3.88. The number of carboxylic acid groups (broad SMARTS) is 1. The Hall–Kier alpha value is -0.180. The highest BCUT2D eigenvalue weighted by molar-refractivity contribution is 8.01. The zero-order valence-electron chi connectivity index (χ0n) is 8.38. The fourth-order valence-electron chi connectivity index (χ4n) is 1.69. The van der Waals surface area contributed by atoms with Crippen molar-refractivity contribution in [3.05, 3.63) is 0 Å². The smallest absolute Gasteiger partial charge is 0.319 e. The molecule has 1 saturated carbocycles. The second kappa shape index (κ2) is 4.36. The SMILES string of the molecule is CC(C)CSC1(C(=O)O)CCCC1. The molecule has 0 aromatic rings. The van der Waals surface area contributed by atoms with Crippen LogP contribution in [0.2, 0.25) is 0 Å². The topological polar surface area (TPSA) is 37.3 Å². The maximum Gasteiger partial charge on any atom is 0.319 e. The van der Waals surface area contributed by atoms with E-state index < -0.39 is 10.7 Å². The Labute approximate surface area is 84.1 Å². The molecule has 0 amide bonds. The van der Waals surface area contributed by atoms with Gasteiger partial charge in [0.1, 0.15) is 4.75 Å². The number of carbonyl (C=O) groups is 1. The van der Waals surface area contributed by atoms with Crippen LogP contribution in [0.3, 0.4) is 0 Å². The van der Waals surface area contributed by atoms with Crippen LogP contribution < -0.4 is 0 Å². The van der Waals surface area contributed by atoms with Crippen LogP contribution in [0.15, 0.2) is 0 Å². The molecule has 1 fully saturated rings. The first kappa shape index (κ1) is 10.9. The van der Waals surface area contributed by atoms with E-state index in [4.69, 9.17) is 5.11 Å². The molecule has 76 valence electrons. The summed E-state index contributed by atoms with van der Waals surface area (Å²) in [6, 6.07) is 0. The lowest BCUT2D eigenvalue weighted by atomic mass is 10.1. The Morgan fingerprint density at radius 1 is 1.46 bits per heavy atom. The summed E-state index contributed by atoms with van der Waals surface area (Å²) >= 11 is 1.65. The monoisotopic (exact) mass is 202 g/mol. The molecule has 0 aromatic heterocycles. The van der Waals surface area contributed by atoms with E-state index in [0.717, 1.165) is 31.4 Å². The van der Waals surface area contributed by atoms with Crippen LogP contribution in [0.1, 0.15) is 39.5 Å². The lowest BCUT2D eigenvalue weighted by Gasteiger charge is -2.23. The van der Waals surface area contributed by atoms with Gasteiger partial charge in [-0.2, -0.15) is 0 Å². The molecule has 1 rings (SSSR count). The van der Waals surface area contributed by atoms with Crippen molar-refractivity contribution in [1.82, 2.24) is 0 Å². The molecule has 0 saturated heterocycles. The van der Waals surface area contributed by atoms with Gasteiger partial charge in [-0.1, -0.05) is 26.7 Å². The first-order chi connectivity index (χ1) is 6.07. The van der Waals surface area contributed by atoms with Crippen LogP contribution in [0.25, 0.3) is 0 Å². The third kappa shape index (κ3) is 2.63. The number of thioether (sulfide) groups is 1. The van der Waals surface area contributed by atoms with Crippen molar-refractivity contribution in [3.8, 4) is 0 Å². The van der Waals surface area contributed by atoms with E-state index in [9.17, 15) is 4.79 Å². The zero-order valence-corrected chi connectivity index (χ0v) is 9.19. The van der Waals surface area contributed by atoms with E-state index in [1.54, 1.807) is 11.8 Å². The number of hydrogen-bond donors (Lipinski definition) is 1. The molecule has 1 aliphatic rings. The normalized spacial score (nSPS) is 20.8. The zero-order chi connectivity index (χ0) is 9.90. The first-order valence-electron chi connectivity index (χ1n) is 4.94. The average molecular weight is 202 g/mol. The minimum Gasteiger partial charge on any atom is -0.480 e. The van der Waals surface area contributed by atoms with Gasteiger partial charge in [-0.05, 0) is 24.5 Å². The summed E-state index contributed by atoms with van der Waals surface area (Å²) in [5, 5.41) is 9.16. The van der Waals surface area contributed by atoms with E-state index in [-0.39, 0.29) is 0 Å². The second-order valence-electron chi connectivity index (χ2n) is 4.21. The lowest BCUT2D eigenvalue weighted by molar-refractivity contribution is -0.139. The molecule has 1 N–H and O–H groups in total. The average Bonchev–Trinajstić information content (AvgIpc) is 2.50. The van der Waals surface area contributed by atoms with Crippen LogP contribution in [0, 0.1) is 5.92 Å². The van der Waals surface area contributed by atoms with Crippen molar-refractivity contribution in [2.45, 2.75) is 44.3 Å². The molecule has 0 radical (unpaired) electrons. The van der Waals surface area contributed by atoms with Crippen LogP contribution in [0.5, 0.6) is 0 Å². The Kier molecular flexibility index (Phi) is 3.65. The predicted octanol–water partition coefficient (Wildman–Crippen LogP) is 2.77. The number of carboxylic acids is 1. The highest BCUT2D eigenvalue weighted by atomic mass is 32.2. The molecule has 0 aliphatic heterocycles. The number of rotatable bonds is 4. The Morgan fingerprint density at radius 2 is 2.00 bits per heavy atom. The summed E-state index contributed by atoms with van der Waals surface area (Å²) in [5.74, 6) is 0.948. The van der Waals surface area contributed by atoms with Crippen LogP contribution in [0.4, 0.5) is 0 Å². The molecule has 2 nitrogen and oxygen atoms in total. The van der Waals surface area contributed by atoms with E-state index in [2.05, 4.69) is 13.8 Å². The maximum atomic E-state index is 11.1. The molecular formula is C10H18O2S. The van der Waals surface area contributed by atoms with E-state index in [0.29, 0.717) is 5.92 Å². The quantitative estimate of drug-likeness (QED) is 0.761. The molecule has 0 aromatic carbocycles. The van der Waals surface area contributed by atoms with Gasteiger partial charge in [0.05, 0.1) is 0 Å². The van der Waals surface area contributed by atoms with Crippen LogP contribution >= 0.6 is 11.8 Å². The van der Waals surface area contributed by atoms with Gasteiger partial charge in [-0.25, -0.2) is 0 Å². The van der Waals surface area contributed by atoms with Gasteiger partial charge >= 0.3 is 5.97 Å². The molecule has 0 unspecified atom stereocenters. The Bertz CT molecular complexity index is 183. The van der Waals surface area contributed by atoms with E-state index in [1.807, 2.05) is 0 Å². The van der Waals surface area contributed by atoms with E-state index in [1.165, 1.54) is 0 Å².